The zero-order valence-corrected chi connectivity index (χ0v) is 16.3. The topological polar surface area (TPSA) is 100 Å². The molecule has 146 valence electrons. The highest BCUT2D eigenvalue weighted by Crippen LogP contribution is 2.22. The Labute approximate surface area is 157 Å². The monoisotopic (exact) mass is 373 g/mol. The fourth-order valence-corrected chi connectivity index (χ4v) is 3.62. The quantitative estimate of drug-likeness (QED) is 0.834. The third kappa shape index (κ3) is 3.53. The van der Waals surface area contributed by atoms with E-state index in [1.165, 1.54) is 4.57 Å². The van der Waals surface area contributed by atoms with E-state index in [-0.39, 0.29) is 28.9 Å². The van der Waals surface area contributed by atoms with E-state index in [9.17, 15) is 14.4 Å². The molecule has 0 aliphatic carbocycles. The number of aryl methyl sites for hydroxylation is 1. The lowest BCUT2D eigenvalue weighted by Crippen LogP contribution is -2.47. The molecule has 2 aromatic heterocycles. The summed E-state index contributed by atoms with van der Waals surface area (Å²) < 4.78 is 1.41. The molecule has 1 unspecified atom stereocenters. The molecule has 3 heterocycles. The third-order valence-electron chi connectivity index (χ3n) is 5.22. The summed E-state index contributed by atoms with van der Waals surface area (Å²) in [5.41, 5.74) is 0.232. The van der Waals surface area contributed by atoms with Crippen molar-refractivity contribution in [3.63, 3.8) is 0 Å². The standard InChI is InChI=1S/C19H27N5O3/c1-5-24-16-15(17(25)22-19(24)27)13(9-14(21-16)11(2)3)18(26)23-8-6-7-12(10-23)20-4/h9,11-12,20H,5-8,10H2,1-4H3,(H,22,25,27). The number of aromatic nitrogens is 3. The van der Waals surface area contributed by atoms with Gasteiger partial charge in [-0.25, -0.2) is 9.78 Å². The van der Waals surface area contributed by atoms with Crippen molar-refractivity contribution in [2.24, 2.45) is 0 Å². The van der Waals surface area contributed by atoms with Crippen LogP contribution < -0.4 is 16.6 Å². The lowest BCUT2D eigenvalue weighted by molar-refractivity contribution is 0.0700. The largest absolute Gasteiger partial charge is 0.337 e. The van der Waals surface area contributed by atoms with Crippen LogP contribution in [0.3, 0.4) is 0 Å². The van der Waals surface area contributed by atoms with Crippen LogP contribution in [0.4, 0.5) is 0 Å². The summed E-state index contributed by atoms with van der Waals surface area (Å²) in [6, 6.07) is 1.95. The maximum absolute atomic E-state index is 13.3. The number of nitrogens with zero attached hydrogens (tertiary/aromatic N) is 3. The molecule has 0 saturated carbocycles. The van der Waals surface area contributed by atoms with Crippen molar-refractivity contribution >= 4 is 16.9 Å². The Morgan fingerprint density at radius 3 is 2.78 bits per heavy atom. The van der Waals surface area contributed by atoms with Crippen molar-refractivity contribution in [1.82, 2.24) is 24.8 Å². The highest BCUT2D eigenvalue weighted by Gasteiger charge is 2.27. The van der Waals surface area contributed by atoms with E-state index in [4.69, 9.17) is 0 Å². The molecule has 3 rings (SSSR count). The first-order valence-electron chi connectivity index (χ1n) is 9.51. The summed E-state index contributed by atoms with van der Waals surface area (Å²) >= 11 is 0. The minimum absolute atomic E-state index is 0.0621. The van der Waals surface area contributed by atoms with Gasteiger partial charge in [0, 0.05) is 31.4 Å². The summed E-state index contributed by atoms with van der Waals surface area (Å²) in [6.45, 7) is 7.38. The number of carbonyl (C=O) groups is 1. The zero-order chi connectivity index (χ0) is 19.7. The second kappa shape index (κ2) is 7.64. The number of fused-ring (bicyclic) bond motifs is 1. The van der Waals surface area contributed by atoms with Gasteiger partial charge in [0.1, 0.15) is 0 Å². The highest BCUT2D eigenvalue weighted by atomic mass is 16.2. The zero-order valence-electron chi connectivity index (χ0n) is 16.3. The number of hydrogen-bond acceptors (Lipinski definition) is 5. The number of piperidine rings is 1. The first kappa shape index (κ1) is 19.3. The Balaban J connectivity index is 2.23. The maximum atomic E-state index is 13.3. The van der Waals surface area contributed by atoms with E-state index < -0.39 is 11.2 Å². The van der Waals surface area contributed by atoms with E-state index >= 15 is 0 Å². The molecule has 1 fully saturated rings. The van der Waals surface area contributed by atoms with Crippen molar-refractivity contribution in [3.05, 3.63) is 38.2 Å². The molecule has 2 aromatic rings. The average molecular weight is 373 g/mol. The smallest absolute Gasteiger partial charge is 0.329 e. The van der Waals surface area contributed by atoms with Crippen LogP contribution in [0.1, 0.15) is 55.6 Å². The van der Waals surface area contributed by atoms with Gasteiger partial charge in [-0.05, 0) is 38.8 Å². The van der Waals surface area contributed by atoms with Gasteiger partial charge in [0.15, 0.2) is 5.65 Å². The summed E-state index contributed by atoms with van der Waals surface area (Å²) in [5.74, 6) is -0.122. The Bertz CT molecular complexity index is 976. The summed E-state index contributed by atoms with van der Waals surface area (Å²) in [7, 11) is 1.89. The Morgan fingerprint density at radius 2 is 2.15 bits per heavy atom. The van der Waals surface area contributed by atoms with Gasteiger partial charge in [-0.2, -0.15) is 0 Å². The van der Waals surface area contributed by atoms with Gasteiger partial charge in [-0.3, -0.25) is 19.1 Å². The summed E-state index contributed by atoms with van der Waals surface area (Å²) in [6.07, 6.45) is 1.93. The lowest BCUT2D eigenvalue weighted by Gasteiger charge is -2.33. The van der Waals surface area contributed by atoms with Gasteiger partial charge in [0.05, 0.1) is 10.9 Å². The van der Waals surface area contributed by atoms with Gasteiger partial charge in [-0.1, -0.05) is 13.8 Å². The molecule has 0 aromatic carbocycles. The number of nitrogens with one attached hydrogen (secondary N) is 2. The molecule has 1 aliphatic rings. The molecule has 8 nitrogen and oxygen atoms in total. The Kier molecular flexibility index (Phi) is 5.46. The van der Waals surface area contributed by atoms with E-state index in [0.29, 0.717) is 30.9 Å². The van der Waals surface area contributed by atoms with Gasteiger partial charge >= 0.3 is 5.69 Å². The number of H-pyrrole nitrogens is 1. The number of rotatable bonds is 4. The van der Waals surface area contributed by atoms with Crippen LogP contribution in [0, 0.1) is 0 Å². The predicted molar refractivity (Wildman–Crippen MR) is 104 cm³/mol. The number of aromatic amines is 1. The molecule has 2 N–H and O–H groups in total. The maximum Gasteiger partial charge on any atom is 0.329 e. The number of likely N-dealkylation sites (tertiary alicyclic amines) is 1. The third-order valence-corrected chi connectivity index (χ3v) is 5.22. The molecule has 27 heavy (non-hydrogen) atoms. The van der Waals surface area contributed by atoms with Crippen LogP contribution >= 0.6 is 0 Å². The second-order valence-corrected chi connectivity index (χ2v) is 7.33. The van der Waals surface area contributed by atoms with Crippen molar-refractivity contribution in [1.29, 1.82) is 0 Å². The number of hydrogen-bond donors (Lipinski definition) is 2. The van der Waals surface area contributed by atoms with Crippen molar-refractivity contribution in [3.8, 4) is 0 Å². The number of likely N-dealkylation sites (N-methyl/N-ethyl adjacent to an activating group) is 1. The van der Waals surface area contributed by atoms with Crippen LogP contribution in [0.5, 0.6) is 0 Å². The van der Waals surface area contributed by atoms with Crippen LogP contribution in [0.25, 0.3) is 11.0 Å². The van der Waals surface area contributed by atoms with Gasteiger partial charge in [0.25, 0.3) is 11.5 Å². The van der Waals surface area contributed by atoms with Gasteiger partial charge in [-0.15, -0.1) is 0 Å². The predicted octanol–water partition coefficient (Wildman–Crippen LogP) is 1.05. The first-order valence-corrected chi connectivity index (χ1v) is 9.51. The fourth-order valence-electron chi connectivity index (χ4n) is 3.62. The van der Waals surface area contributed by atoms with Crippen molar-refractivity contribution < 1.29 is 4.79 Å². The number of carbonyl (C=O) groups excluding carboxylic acids is 1. The molecule has 0 spiro atoms. The minimum atomic E-state index is -0.562. The molecule has 0 radical (unpaired) electrons. The SMILES string of the molecule is CCn1c(=O)[nH]c(=O)c2c(C(=O)N3CCCC(NC)C3)cc(C(C)C)nc21. The van der Waals surface area contributed by atoms with E-state index in [1.54, 1.807) is 11.0 Å². The highest BCUT2D eigenvalue weighted by molar-refractivity contribution is 6.05. The van der Waals surface area contributed by atoms with Crippen molar-refractivity contribution in [2.45, 2.75) is 52.1 Å². The molecular formula is C19H27N5O3. The molecule has 1 saturated heterocycles. The van der Waals surface area contributed by atoms with E-state index in [2.05, 4.69) is 15.3 Å². The van der Waals surface area contributed by atoms with Crippen molar-refractivity contribution in [2.75, 3.05) is 20.1 Å². The number of pyridine rings is 1. The minimum Gasteiger partial charge on any atom is -0.337 e. The molecule has 1 amide bonds. The number of amides is 1. The van der Waals surface area contributed by atoms with Gasteiger partial charge < -0.3 is 10.2 Å². The molecular weight excluding hydrogens is 346 g/mol. The molecule has 0 bridgehead atoms. The molecule has 1 aliphatic heterocycles. The van der Waals surface area contributed by atoms with E-state index in [1.807, 2.05) is 27.8 Å². The summed E-state index contributed by atoms with van der Waals surface area (Å²) in [5, 5.41) is 3.42. The van der Waals surface area contributed by atoms with Crippen LogP contribution in [0.2, 0.25) is 0 Å². The van der Waals surface area contributed by atoms with Gasteiger partial charge in [0.2, 0.25) is 0 Å². The summed E-state index contributed by atoms with van der Waals surface area (Å²) in [4.78, 5) is 46.8. The average Bonchev–Trinajstić information content (AvgIpc) is 2.66. The Hall–Kier alpha value is -2.48. The lowest BCUT2D eigenvalue weighted by atomic mass is 10.0. The van der Waals surface area contributed by atoms with Crippen LogP contribution in [-0.2, 0) is 6.54 Å². The fraction of sp³-hybridized carbons (Fsp3) is 0.579. The molecule has 8 heteroatoms. The van der Waals surface area contributed by atoms with Crippen LogP contribution in [-0.4, -0.2) is 51.5 Å². The normalized spacial score (nSPS) is 17.7. The van der Waals surface area contributed by atoms with Crippen LogP contribution in [0.15, 0.2) is 15.7 Å². The molecule has 1 atom stereocenters. The second-order valence-electron chi connectivity index (χ2n) is 7.33. The Morgan fingerprint density at radius 1 is 1.41 bits per heavy atom. The van der Waals surface area contributed by atoms with E-state index in [0.717, 1.165) is 12.8 Å². The first-order chi connectivity index (χ1) is 12.9.